The fourth-order valence-corrected chi connectivity index (χ4v) is 5.93. The predicted octanol–water partition coefficient (Wildman–Crippen LogP) is 3.66. The van der Waals surface area contributed by atoms with E-state index in [1.165, 1.54) is 43.4 Å². The van der Waals surface area contributed by atoms with Crippen LogP contribution in [0.4, 0.5) is 0 Å². The summed E-state index contributed by atoms with van der Waals surface area (Å²) in [6.45, 7) is 4.43. The molecule has 1 spiro atoms. The number of morpholine rings is 1. The van der Waals surface area contributed by atoms with Crippen molar-refractivity contribution in [2.75, 3.05) is 26.3 Å². The van der Waals surface area contributed by atoms with Crippen molar-refractivity contribution in [3.63, 3.8) is 0 Å². The summed E-state index contributed by atoms with van der Waals surface area (Å²) in [4.78, 5) is 8.83. The van der Waals surface area contributed by atoms with Crippen molar-refractivity contribution in [3.05, 3.63) is 35.4 Å². The quantitative estimate of drug-likeness (QED) is 0.797. The molecule has 1 aromatic heterocycles. The maximum atomic E-state index is 6.44. The number of hydrazone groups is 1. The standard InChI is InChI=1S/C22H29N3O3/c1-3-19-4-2-16(1)11-22(19)12-20-9-17(13-23-25(20)28-22)18-10-21(27-15-18)14-24-5-7-26-8-6-24/h9-10,13,15-17,19H,1-8,11-12,14H2/t16?,17?,19?,22-/m1/s1. The highest BCUT2D eigenvalue weighted by molar-refractivity contribution is 5.71. The third kappa shape index (κ3) is 2.93. The Balaban J connectivity index is 1.17. The summed E-state index contributed by atoms with van der Waals surface area (Å²) in [5.74, 6) is 2.75. The van der Waals surface area contributed by atoms with Crippen LogP contribution in [0.5, 0.6) is 0 Å². The van der Waals surface area contributed by atoms with E-state index in [0.29, 0.717) is 5.92 Å². The van der Waals surface area contributed by atoms with Gasteiger partial charge in [0.15, 0.2) is 0 Å². The van der Waals surface area contributed by atoms with Crippen molar-refractivity contribution in [3.8, 4) is 0 Å². The van der Waals surface area contributed by atoms with Gasteiger partial charge in [0.25, 0.3) is 0 Å². The smallest absolute Gasteiger partial charge is 0.118 e. The van der Waals surface area contributed by atoms with Gasteiger partial charge in [-0.1, -0.05) is 0 Å². The van der Waals surface area contributed by atoms with Crippen LogP contribution in [0.25, 0.3) is 0 Å². The molecule has 7 rings (SSSR count). The van der Waals surface area contributed by atoms with Gasteiger partial charge in [-0.3, -0.25) is 4.90 Å². The van der Waals surface area contributed by atoms with Crippen LogP contribution < -0.4 is 0 Å². The number of ether oxygens (including phenoxy) is 1. The van der Waals surface area contributed by atoms with Crippen LogP contribution in [-0.4, -0.2) is 48.2 Å². The number of rotatable bonds is 3. The zero-order valence-corrected chi connectivity index (χ0v) is 16.4. The molecule has 2 bridgehead atoms. The average molecular weight is 383 g/mol. The first-order valence-corrected chi connectivity index (χ1v) is 10.9. The third-order valence-electron chi connectivity index (χ3n) is 7.47. The fourth-order valence-electron chi connectivity index (χ4n) is 5.93. The minimum absolute atomic E-state index is 0.0110. The summed E-state index contributed by atoms with van der Waals surface area (Å²) < 4.78 is 11.3. The number of hydrogen-bond donors (Lipinski definition) is 0. The first-order valence-electron chi connectivity index (χ1n) is 10.9. The molecule has 3 aliphatic carbocycles. The number of allylic oxidation sites excluding steroid dienone is 1. The Morgan fingerprint density at radius 2 is 2.00 bits per heavy atom. The third-order valence-corrected chi connectivity index (χ3v) is 7.47. The minimum Gasteiger partial charge on any atom is -0.468 e. The Labute approximate surface area is 166 Å². The summed E-state index contributed by atoms with van der Waals surface area (Å²) in [7, 11) is 0. The lowest BCUT2D eigenvalue weighted by Gasteiger charge is -2.48. The lowest BCUT2D eigenvalue weighted by Crippen LogP contribution is -2.47. The van der Waals surface area contributed by atoms with Crippen LogP contribution in [0.1, 0.15) is 55.8 Å². The van der Waals surface area contributed by atoms with Gasteiger partial charge in [-0.05, 0) is 56.1 Å². The van der Waals surface area contributed by atoms with Crippen molar-refractivity contribution in [2.45, 2.75) is 56.6 Å². The van der Waals surface area contributed by atoms with Gasteiger partial charge in [0, 0.05) is 37.2 Å². The zero-order valence-electron chi connectivity index (χ0n) is 16.4. The van der Waals surface area contributed by atoms with Gasteiger partial charge in [-0.15, -0.1) is 5.17 Å². The molecule has 1 aromatic rings. The normalized spacial score (nSPS) is 37.5. The van der Waals surface area contributed by atoms with Crippen LogP contribution in [-0.2, 0) is 16.1 Å². The molecule has 3 aliphatic heterocycles. The molecule has 2 saturated heterocycles. The van der Waals surface area contributed by atoms with E-state index in [2.05, 4.69) is 22.1 Å². The molecule has 5 fully saturated rings. The number of fused-ring (bicyclic) bond motifs is 3. The fraction of sp³-hybridized carbons (Fsp3) is 0.682. The average Bonchev–Trinajstić information content (AvgIpc) is 3.33. The summed E-state index contributed by atoms with van der Waals surface area (Å²) in [5.41, 5.74) is 2.43. The van der Waals surface area contributed by atoms with Crippen molar-refractivity contribution in [1.29, 1.82) is 0 Å². The second-order valence-electron chi connectivity index (χ2n) is 9.21. The number of nitrogens with zero attached hydrogens (tertiary/aromatic N) is 3. The molecule has 150 valence electrons. The van der Waals surface area contributed by atoms with Crippen molar-refractivity contribution < 1.29 is 14.0 Å². The minimum atomic E-state index is 0.0110. The van der Waals surface area contributed by atoms with Crippen LogP contribution >= 0.6 is 0 Å². The van der Waals surface area contributed by atoms with Gasteiger partial charge in [0.1, 0.15) is 11.4 Å². The van der Waals surface area contributed by atoms with E-state index in [1.807, 2.05) is 17.6 Å². The topological polar surface area (TPSA) is 50.4 Å². The van der Waals surface area contributed by atoms with Gasteiger partial charge in [0.2, 0.25) is 0 Å². The lowest BCUT2D eigenvalue weighted by atomic mass is 9.61. The number of furan rings is 1. The maximum absolute atomic E-state index is 6.44. The van der Waals surface area contributed by atoms with Crippen LogP contribution in [0.15, 0.2) is 33.6 Å². The number of hydroxylamine groups is 1. The van der Waals surface area contributed by atoms with E-state index in [1.54, 1.807) is 0 Å². The van der Waals surface area contributed by atoms with Gasteiger partial charge in [-0.25, -0.2) is 4.84 Å². The molecule has 6 aliphatic rings. The van der Waals surface area contributed by atoms with E-state index in [0.717, 1.165) is 50.9 Å². The van der Waals surface area contributed by atoms with Crippen LogP contribution in [0.3, 0.4) is 0 Å². The monoisotopic (exact) mass is 383 g/mol. The SMILES string of the molecule is C1=NN2O[C@@]3(CC2=CC1c1coc(CN2CCOCC2)c1)CC1CCC3CC1. The van der Waals surface area contributed by atoms with Gasteiger partial charge >= 0.3 is 0 Å². The van der Waals surface area contributed by atoms with Crippen molar-refractivity contribution in [2.24, 2.45) is 16.9 Å². The van der Waals surface area contributed by atoms with E-state index >= 15 is 0 Å². The summed E-state index contributed by atoms with van der Waals surface area (Å²) >= 11 is 0. The molecule has 1 unspecified atom stereocenters. The Morgan fingerprint density at radius 3 is 2.79 bits per heavy atom. The molecule has 6 nitrogen and oxygen atoms in total. The zero-order chi connectivity index (χ0) is 18.6. The molecule has 28 heavy (non-hydrogen) atoms. The molecule has 0 radical (unpaired) electrons. The van der Waals surface area contributed by atoms with Gasteiger partial charge in [0.05, 0.1) is 31.7 Å². The molecular formula is C22H29N3O3. The highest BCUT2D eigenvalue weighted by Crippen LogP contribution is 2.55. The molecule has 2 atom stereocenters. The van der Waals surface area contributed by atoms with Gasteiger partial charge in [-0.2, -0.15) is 5.10 Å². The molecule has 0 aromatic carbocycles. The summed E-state index contributed by atoms with van der Waals surface area (Å²) in [6.07, 6.45) is 13.9. The first kappa shape index (κ1) is 17.2. The Morgan fingerprint density at radius 1 is 1.14 bits per heavy atom. The highest BCUT2D eigenvalue weighted by Gasteiger charge is 2.54. The maximum Gasteiger partial charge on any atom is 0.118 e. The summed E-state index contributed by atoms with van der Waals surface area (Å²) in [5, 5.41) is 6.47. The Hall–Kier alpha value is -1.63. The molecule has 0 amide bonds. The molecule has 4 heterocycles. The van der Waals surface area contributed by atoms with E-state index in [9.17, 15) is 0 Å². The molecule has 6 heteroatoms. The Bertz CT molecular complexity index is 789. The predicted molar refractivity (Wildman–Crippen MR) is 104 cm³/mol. The lowest BCUT2D eigenvalue weighted by molar-refractivity contribution is -0.232. The second kappa shape index (κ2) is 6.71. The van der Waals surface area contributed by atoms with Gasteiger partial charge < -0.3 is 9.15 Å². The number of hydrogen-bond acceptors (Lipinski definition) is 6. The molecule has 0 N–H and O–H groups in total. The van der Waals surface area contributed by atoms with E-state index < -0.39 is 0 Å². The second-order valence-corrected chi connectivity index (χ2v) is 9.21. The van der Waals surface area contributed by atoms with Crippen LogP contribution in [0, 0.1) is 11.8 Å². The van der Waals surface area contributed by atoms with Crippen molar-refractivity contribution >= 4 is 6.21 Å². The largest absolute Gasteiger partial charge is 0.468 e. The molecule has 3 saturated carbocycles. The highest BCUT2D eigenvalue weighted by atomic mass is 16.7. The van der Waals surface area contributed by atoms with E-state index in [-0.39, 0.29) is 11.5 Å². The molecular weight excluding hydrogens is 354 g/mol. The van der Waals surface area contributed by atoms with Crippen molar-refractivity contribution in [1.82, 2.24) is 10.1 Å². The first-order chi connectivity index (χ1) is 13.8. The Kier molecular flexibility index (Phi) is 4.14. The van der Waals surface area contributed by atoms with Crippen LogP contribution in [0.2, 0.25) is 0 Å². The summed E-state index contributed by atoms with van der Waals surface area (Å²) in [6, 6.07) is 2.19. The van der Waals surface area contributed by atoms with E-state index in [4.69, 9.17) is 14.0 Å².